The predicted molar refractivity (Wildman–Crippen MR) is 131 cm³/mol. The maximum absolute atomic E-state index is 12.7. The molecule has 2 rings (SSSR count). The van der Waals surface area contributed by atoms with Crippen LogP contribution < -0.4 is 0 Å². The highest BCUT2D eigenvalue weighted by atomic mass is 16.1. The Morgan fingerprint density at radius 2 is 0.906 bits per heavy atom. The fourth-order valence-corrected chi connectivity index (χ4v) is 4.09. The molecule has 0 heterocycles. The van der Waals surface area contributed by atoms with Crippen LogP contribution in [0.1, 0.15) is 99.8 Å². The van der Waals surface area contributed by atoms with Gasteiger partial charge in [0.25, 0.3) is 0 Å². The van der Waals surface area contributed by atoms with E-state index < -0.39 is 10.8 Å². The Labute approximate surface area is 193 Å². The second kappa shape index (κ2) is 11.9. The van der Waals surface area contributed by atoms with Gasteiger partial charge in [0.2, 0.25) is 0 Å². The van der Waals surface area contributed by atoms with Crippen molar-refractivity contribution in [3.05, 3.63) is 71.8 Å². The van der Waals surface area contributed by atoms with Gasteiger partial charge in [-0.15, -0.1) is 0 Å². The highest BCUT2D eigenvalue weighted by Gasteiger charge is 2.29. The van der Waals surface area contributed by atoms with E-state index in [9.17, 15) is 14.4 Å². The molecule has 0 amide bonds. The molecule has 0 saturated carbocycles. The van der Waals surface area contributed by atoms with Crippen molar-refractivity contribution in [3.8, 4) is 0 Å². The number of Topliss-reactive ketones (excluding diaryl/α,β-unsaturated/α-hetero) is 3. The van der Waals surface area contributed by atoms with Gasteiger partial charge in [0, 0.05) is 34.8 Å². The molecule has 0 bridgehead atoms. The number of hydrogen-bond acceptors (Lipinski definition) is 3. The zero-order chi connectivity index (χ0) is 23.6. The van der Waals surface area contributed by atoms with Gasteiger partial charge < -0.3 is 0 Å². The van der Waals surface area contributed by atoms with E-state index in [1.807, 2.05) is 88.4 Å². The number of benzene rings is 2. The van der Waals surface area contributed by atoms with Gasteiger partial charge in [-0.25, -0.2) is 0 Å². The van der Waals surface area contributed by atoms with E-state index in [0.717, 1.165) is 49.7 Å². The third-order valence-corrected chi connectivity index (χ3v) is 6.32. The Kier molecular flexibility index (Phi) is 9.56. The van der Waals surface area contributed by atoms with Crippen LogP contribution in [0.5, 0.6) is 0 Å². The van der Waals surface area contributed by atoms with E-state index in [1.165, 1.54) is 0 Å². The fraction of sp³-hybridized carbons (Fsp3) is 0.483. The summed E-state index contributed by atoms with van der Waals surface area (Å²) in [5.74, 6) is 0.610. The highest BCUT2D eigenvalue weighted by molar-refractivity contribution is 6.00. The van der Waals surface area contributed by atoms with Crippen molar-refractivity contribution in [1.82, 2.24) is 0 Å². The summed E-state index contributed by atoms with van der Waals surface area (Å²) in [6.45, 7) is 7.95. The summed E-state index contributed by atoms with van der Waals surface area (Å²) in [5, 5.41) is 0. The van der Waals surface area contributed by atoms with Crippen LogP contribution in [-0.2, 0) is 4.79 Å². The third-order valence-electron chi connectivity index (χ3n) is 6.32. The van der Waals surface area contributed by atoms with Crippen LogP contribution in [0.3, 0.4) is 0 Å². The molecule has 3 nitrogen and oxygen atoms in total. The second-order valence-electron chi connectivity index (χ2n) is 10.1. The van der Waals surface area contributed by atoms with E-state index in [4.69, 9.17) is 0 Å². The van der Waals surface area contributed by atoms with E-state index in [2.05, 4.69) is 0 Å². The maximum atomic E-state index is 12.7. The van der Waals surface area contributed by atoms with Gasteiger partial charge in [0.05, 0.1) is 0 Å². The van der Waals surface area contributed by atoms with Crippen LogP contribution in [0, 0.1) is 10.8 Å². The summed E-state index contributed by atoms with van der Waals surface area (Å²) >= 11 is 0. The molecule has 2 aromatic rings. The molecule has 0 aliphatic heterocycles. The van der Waals surface area contributed by atoms with Gasteiger partial charge in [-0.05, 0) is 25.7 Å². The summed E-state index contributed by atoms with van der Waals surface area (Å²) in [7, 11) is 0. The first kappa shape index (κ1) is 25.7. The lowest BCUT2D eigenvalue weighted by atomic mass is 9.79. The predicted octanol–water partition coefficient (Wildman–Crippen LogP) is 7.49. The third kappa shape index (κ3) is 7.85. The van der Waals surface area contributed by atoms with Crippen LogP contribution in [0.4, 0.5) is 0 Å². The number of hydrogen-bond donors (Lipinski definition) is 0. The first-order valence-electron chi connectivity index (χ1n) is 11.8. The number of carbonyl (C=O) groups excluding carboxylic acids is 3. The van der Waals surface area contributed by atoms with Gasteiger partial charge in [-0.3, -0.25) is 14.4 Å². The summed E-state index contributed by atoms with van der Waals surface area (Å²) in [5.41, 5.74) is 0.673. The minimum Gasteiger partial charge on any atom is -0.300 e. The van der Waals surface area contributed by atoms with Crippen LogP contribution in [0.15, 0.2) is 60.7 Å². The summed E-state index contributed by atoms with van der Waals surface area (Å²) in [4.78, 5) is 37.7. The van der Waals surface area contributed by atoms with Crippen molar-refractivity contribution >= 4 is 17.3 Å². The molecule has 0 aliphatic rings. The Balaban J connectivity index is 1.64. The van der Waals surface area contributed by atoms with Crippen LogP contribution in [0.25, 0.3) is 0 Å². The molecule has 0 aromatic heterocycles. The molecule has 0 unspecified atom stereocenters. The quantitative estimate of drug-likeness (QED) is 0.228. The van der Waals surface area contributed by atoms with Gasteiger partial charge >= 0.3 is 0 Å². The lowest BCUT2D eigenvalue weighted by molar-refractivity contribution is -0.119. The lowest BCUT2D eigenvalue weighted by Crippen LogP contribution is -2.24. The average Bonchev–Trinajstić information content (AvgIpc) is 2.79. The largest absolute Gasteiger partial charge is 0.300 e. The minimum atomic E-state index is -0.415. The van der Waals surface area contributed by atoms with Crippen molar-refractivity contribution in [2.24, 2.45) is 10.8 Å². The molecule has 0 radical (unpaired) electrons. The van der Waals surface area contributed by atoms with Crippen molar-refractivity contribution in [3.63, 3.8) is 0 Å². The zero-order valence-electron chi connectivity index (χ0n) is 20.2. The smallest absolute Gasteiger partial charge is 0.168 e. The molecule has 0 atom stereocenters. The topological polar surface area (TPSA) is 51.2 Å². The van der Waals surface area contributed by atoms with Crippen molar-refractivity contribution < 1.29 is 14.4 Å². The lowest BCUT2D eigenvalue weighted by Gasteiger charge is -2.23. The normalized spacial score (nSPS) is 11.9. The minimum absolute atomic E-state index is 0.164. The Morgan fingerprint density at radius 3 is 1.25 bits per heavy atom. The van der Waals surface area contributed by atoms with Gasteiger partial charge in [0.1, 0.15) is 5.78 Å². The average molecular weight is 435 g/mol. The zero-order valence-corrected chi connectivity index (χ0v) is 20.2. The van der Waals surface area contributed by atoms with Gasteiger partial charge in [-0.1, -0.05) is 101 Å². The Bertz CT molecular complexity index is 806. The molecule has 32 heavy (non-hydrogen) atoms. The molecule has 3 heteroatoms. The molecule has 0 fully saturated rings. The highest BCUT2D eigenvalue weighted by Crippen LogP contribution is 2.30. The van der Waals surface area contributed by atoms with Gasteiger partial charge in [-0.2, -0.15) is 0 Å². The van der Waals surface area contributed by atoms with Crippen molar-refractivity contribution in [1.29, 1.82) is 0 Å². The van der Waals surface area contributed by atoms with E-state index in [0.29, 0.717) is 12.8 Å². The number of unbranched alkanes of at least 4 members (excludes halogenated alkanes) is 2. The summed E-state index contributed by atoms with van der Waals surface area (Å²) in [6.07, 6.45) is 6.09. The summed E-state index contributed by atoms with van der Waals surface area (Å²) < 4.78 is 0. The van der Waals surface area contributed by atoms with E-state index in [-0.39, 0.29) is 17.3 Å². The molecule has 172 valence electrons. The SMILES string of the molecule is CC(C)(CCCCC(=O)CCCCC(C)(C)C(=O)c1ccccc1)C(=O)c1ccccc1. The van der Waals surface area contributed by atoms with Crippen molar-refractivity contribution in [2.45, 2.75) is 79.1 Å². The van der Waals surface area contributed by atoms with Crippen molar-refractivity contribution in [2.75, 3.05) is 0 Å². The Hall–Kier alpha value is -2.55. The number of carbonyl (C=O) groups is 3. The standard InChI is InChI=1S/C29H38O3/c1-28(2,26(31)23-15-7-5-8-16-23)21-13-11-19-25(30)20-12-14-22-29(3,4)27(32)24-17-9-6-10-18-24/h5-10,15-18H,11-14,19-22H2,1-4H3. The second-order valence-corrected chi connectivity index (χ2v) is 10.1. The Morgan fingerprint density at radius 1 is 0.562 bits per heavy atom. The first-order valence-corrected chi connectivity index (χ1v) is 11.8. The molecular weight excluding hydrogens is 396 g/mol. The molecule has 2 aromatic carbocycles. The molecule has 0 aliphatic carbocycles. The number of rotatable bonds is 14. The van der Waals surface area contributed by atoms with E-state index >= 15 is 0 Å². The van der Waals surface area contributed by atoms with Gasteiger partial charge in [0.15, 0.2) is 11.6 Å². The van der Waals surface area contributed by atoms with Crippen LogP contribution in [-0.4, -0.2) is 17.3 Å². The number of ketones is 3. The van der Waals surface area contributed by atoms with Crippen LogP contribution >= 0.6 is 0 Å². The van der Waals surface area contributed by atoms with E-state index in [1.54, 1.807) is 0 Å². The monoisotopic (exact) mass is 434 g/mol. The fourth-order valence-electron chi connectivity index (χ4n) is 4.09. The molecule has 0 spiro atoms. The van der Waals surface area contributed by atoms with Crippen LogP contribution in [0.2, 0.25) is 0 Å². The molecule has 0 saturated heterocycles. The first-order chi connectivity index (χ1) is 15.1. The molecular formula is C29H38O3. The summed E-state index contributed by atoms with van der Waals surface area (Å²) in [6, 6.07) is 18.8. The maximum Gasteiger partial charge on any atom is 0.168 e. The molecule has 0 N–H and O–H groups in total.